The lowest BCUT2D eigenvalue weighted by atomic mass is 9.44. The van der Waals surface area contributed by atoms with Crippen LogP contribution in [-0.4, -0.2) is 78.0 Å². The number of hydrogen-bond acceptors (Lipinski definition) is 4. The average molecular weight is 516 g/mol. The van der Waals surface area contributed by atoms with Crippen molar-refractivity contribution in [1.82, 2.24) is 4.90 Å². The van der Waals surface area contributed by atoms with Crippen LogP contribution in [0.4, 0.5) is 0 Å². The van der Waals surface area contributed by atoms with Gasteiger partial charge in [-0.1, -0.05) is 20.3 Å². The summed E-state index contributed by atoms with van der Waals surface area (Å²) in [5, 5.41) is 11.3. The number of aliphatic hydroxyl groups is 1. The van der Waals surface area contributed by atoms with Crippen LogP contribution in [-0.2, 0) is 9.53 Å². The molecular weight excluding hydrogens is 460 g/mol. The molecule has 6 fully saturated rings. The fourth-order valence-electron chi connectivity index (χ4n) is 11.4. The van der Waals surface area contributed by atoms with E-state index in [0.717, 1.165) is 22.7 Å². The molecule has 4 saturated carbocycles. The molecule has 4 aliphatic carbocycles. The molecule has 37 heavy (non-hydrogen) atoms. The highest BCUT2D eigenvalue weighted by molar-refractivity contribution is 5.66. The molecule has 5 nitrogen and oxygen atoms in total. The van der Waals surface area contributed by atoms with E-state index < -0.39 is 0 Å². The van der Waals surface area contributed by atoms with Crippen molar-refractivity contribution >= 4 is 5.97 Å². The van der Waals surface area contributed by atoms with Gasteiger partial charge in [-0.15, -0.1) is 0 Å². The van der Waals surface area contributed by atoms with Gasteiger partial charge in [0.05, 0.1) is 26.2 Å². The number of likely N-dealkylation sites (N-methyl/N-ethyl adjacent to an activating group) is 1. The van der Waals surface area contributed by atoms with Crippen LogP contribution in [0.1, 0.15) is 104 Å². The standard InChI is InChI=1S/C32H55N2O3/c1-22(35)37-30-28(34(4)17-9-6-10-18-34)20-26-24-12-11-23-19-29(36)27(33-15-7-5-8-16-33)21-32(23,3)25(24)13-14-31(26,30)2/h23-30,36H,5-21H2,1-4H3/q+1/t23-,24-,25-,26-,27+,28+,29-,30+,31+,32+/m1/s1. The maximum absolute atomic E-state index is 12.4. The van der Waals surface area contributed by atoms with Crippen molar-refractivity contribution in [3.05, 3.63) is 0 Å². The highest BCUT2D eigenvalue weighted by atomic mass is 16.5. The summed E-state index contributed by atoms with van der Waals surface area (Å²) in [6.45, 7) is 11.6. The third kappa shape index (κ3) is 4.32. The summed E-state index contributed by atoms with van der Waals surface area (Å²) in [6, 6.07) is 0.814. The molecule has 0 bridgehead atoms. The molecule has 2 saturated heterocycles. The van der Waals surface area contributed by atoms with Crippen LogP contribution in [0.3, 0.4) is 0 Å². The second-order valence-electron chi connectivity index (χ2n) is 15.2. The molecule has 0 aromatic carbocycles. The molecule has 0 spiro atoms. The summed E-state index contributed by atoms with van der Waals surface area (Å²) < 4.78 is 7.46. The summed E-state index contributed by atoms with van der Waals surface area (Å²) >= 11 is 0. The Morgan fingerprint density at radius 3 is 2.32 bits per heavy atom. The first-order valence-corrected chi connectivity index (χ1v) is 16.1. The van der Waals surface area contributed by atoms with E-state index in [-0.39, 0.29) is 23.6 Å². The van der Waals surface area contributed by atoms with Crippen LogP contribution in [0, 0.1) is 34.5 Å². The number of carbonyl (C=O) groups is 1. The highest BCUT2D eigenvalue weighted by Gasteiger charge is 2.67. The summed E-state index contributed by atoms with van der Waals surface area (Å²) in [4.78, 5) is 15.1. The van der Waals surface area contributed by atoms with Crippen molar-refractivity contribution in [1.29, 1.82) is 0 Å². The molecule has 2 aliphatic heterocycles. The Hall–Kier alpha value is -0.650. The number of likely N-dealkylation sites (tertiary alicyclic amines) is 2. The van der Waals surface area contributed by atoms with Gasteiger partial charge in [-0.2, -0.15) is 0 Å². The number of aliphatic hydroxyl groups excluding tert-OH is 1. The third-order valence-corrected chi connectivity index (χ3v) is 13.4. The fourth-order valence-corrected chi connectivity index (χ4v) is 11.4. The summed E-state index contributed by atoms with van der Waals surface area (Å²) in [6.07, 6.45) is 16.4. The van der Waals surface area contributed by atoms with Crippen LogP contribution in [0.2, 0.25) is 0 Å². The van der Waals surface area contributed by atoms with Gasteiger partial charge in [0.2, 0.25) is 0 Å². The molecule has 0 aromatic heterocycles. The number of quaternary nitrogens is 1. The van der Waals surface area contributed by atoms with Gasteiger partial charge in [-0.25, -0.2) is 0 Å². The molecule has 6 aliphatic rings. The zero-order chi connectivity index (χ0) is 26.0. The second-order valence-corrected chi connectivity index (χ2v) is 15.2. The molecule has 1 N–H and O–H groups in total. The molecule has 0 amide bonds. The minimum absolute atomic E-state index is 0.0684. The van der Waals surface area contributed by atoms with E-state index in [4.69, 9.17) is 4.74 Å². The molecule has 0 radical (unpaired) electrons. The molecule has 0 aromatic rings. The number of esters is 1. The lowest BCUT2D eigenvalue weighted by molar-refractivity contribution is -0.940. The van der Waals surface area contributed by atoms with Crippen molar-refractivity contribution < 1.29 is 19.1 Å². The number of ether oxygens (including phenoxy) is 1. The first kappa shape index (κ1) is 26.6. The van der Waals surface area contributed by atoms with Gasteiger partial charge in [0.1, 0.15) is 6.04 Å². The maximum atomic E-state index is 12.4. The van der Waals surface area contributed by atoms with Crippen molar-refractivity contribution in [3.63, 3.8) is 0 Å². The Morgan fingerprint density at radius 1 is 0.919 bits per heavy atom. The zero-order valence-electron chi connectivity index (χ0n) is 24.3. The topological polar surface area (TPSA) is 49.8 Å². The van der Waals surface area contributed by atoms with Gasteiger partial charge in [0.25, 0.3) is 0 Å². The van der Waals surface area contributed by atoms with E-state index in [0.29, 0.717) is 29.3 Å². The highest BCUT2D eigenvalue weighted by Crippen LogP contribution is 2.67. The normalized spacial score (nSPS) is 50.0. The van der Waals surface area contributed by atoms with Gasteiger partial charge in [-0.05, 0) is 113 Å². The Labute approximate surface area is 226 Å². The minimum Gasteiger partial charge on any atom is -0.456 e. The predicted octanol–water partition coefficient (Wildman–Crippen LogP) is 5.40. The Bertz CT molecular complexity index is 851. The second kappa shape index (κ2) is 9.77. The van der Waals surface area contributed by atoms with Crippen LogP contribution in [0.5, 0.6) is 0 Å². The van der Waals surface area contributed by atoms with Crippen LogP contribution in [0.15, 0.2) is 0 Å². The Kier molecular flexibility index (Phi) is 7.01. The molecule has 2 heterocycles. The zero-order valence-corrected chi connectivity index (χ0v) is 24.3. The number of nitrogens with zero attached hydrogens (tertiary/aromatic N) is 2. The Morgan fingerprint density at radius 2 is 1.62 bits per heavy atom. The SMILES string of the molecule is CC(=O)O[C@H]1[C@@H]([N+]2(C)CCCCC2)C[C@@H]2[C@@H]3CC[C@@H]4C[C@@H](O)[C@@H](N5CCCCC5)C[C@]4(C)[C@@H]3CC[C@@]21C. The van der Waals surface area contributed by atoms with E-state index >= 15 is 0 Å². The third-order valence-electron chi connectivity index (χ3n) is 13.4. The number of fused-ring (bicyclic) bond motifs is 5. The van der Waals surface area contributed by atoms with E-state index in [1.807, 2.05) is 0 Å². The molecular formula is C32H55N2O3+. The average Bonchev–Trinajstić information content (AvgIpc) is 3.17. The van der Waals surface area contributed by atoms with Gasteiger partial charge in [0.15, 0.2) is 6.10 Å². The first-order chi connectivity index (χ1) is 17.7. The van der Waals surface area contributed by atoms with Crippen molar-refractivity contribution in [2.45, 2.75) is 129 Å². The first-order valence-electron chi connectivity index (χ1n) is 16.1. The number of rotatable bonds is 3. The smallest absolute Gasteiger partial charge is 0.303 e. The maximum Gasteiger partial charge on any atom is 0.303 e. The number of hydrogen-bond donors (Lipinski definition) is 1. The lowest BCUT2D eigenvalue weighted by Gasteiger charge is -2.62. The summed E-state index contributed by atoms with van der Waals surface area (Å²) in [5.41, 5.74) is 0.448. The van der Waals surface area contributed by atoms with Gasteiger partial charge in [-0.3, -0.25) is 9.69 Å². The van der Waals surface area contributed by atoms with E-state index in [2.05, 4.69) is 25.8 Å². The van der Waals surface area contributed by atoms with Crippen LogP contribution < -0.4 is 0 Å². The largest absolute Gasteiger partial charge is 0.456 e. The van der Waals surface area contributed by atoms with Gasteiger partial charge >= 0.3 is 5.97 Å². The van der Waals surface area contributed by atoms with Crippen LogP contribution in [0.25, 0.3) is 0 Å². The quantitative estimate of drug-likeness (QED) is 0.404. The summed E-state index contributed by atoms with van der Waals surface area (Å²) in [7, 11) is 2.47. The molecule has 210 valence electrons. The molecule has 10 atom stereocenters. The van der Waals surface area contributed by atoms with Gasteiger partial charge < -0.3 is 14.3 Å². The van der Waals surface area contributed by atoms with Crippen molar-refractivity contribution in [2.75, 3.05) is 33.2 Å². The molecule has 6 rings (SSSR count). The number of carbonyl (C=O) groups excluding carboxylic acids is 1. The van der Waals surface area contributed by atoms with Gasteiger partial charge in [0, 0.05) is 24.8 Å². The molecule has 0 unspecified atom stereocenters. The van der Waals surface area contributed by atoms with E-state index in [1.54, 1.807) is 6.92 Å². The monoisotopic (exact) mass is 515 g/mol. The Balaban J connectivity index is 1.28. The fraction of sp³-hybridized carbons (Fsp3) is 0.969. The lowest BCUT2D eigenvalue weighted by Crippen LogP contribution is -2.61. The minimum atomic E-state index is -0.144. The predicted molar refractivity (Wildman–Crippen MR) is 147 cm³/mol. The number of piperidine rings is 2. The molecule has 5 heteroatoms. The van der Waals surface area contributed by atoms with Crippen molar-refractivity contribution in [2.24, 2.45) is 34.5 Å². The van der Waals surface area contributed by atoms with Crippen molar-refractivity contribution in [3.8, 4) is 0 Å². The van der Waals surface area contributed by atoms with E-state index in [9.17, 15) is 9.90 Å². The van der Waals surface area contributed by atoms with E-state index in [1.165, 1.54) is 103 Å². The van der Waals surface area contributed by atoms with Crippen LogP contribution >= 0.6 is 0 Å². The summed E-state index contributed by atoms with van der Waals surface area (Å²) in [5.74, 6) is 2.76.